The lowest BCUT2D eigenvalue weighted by Gasteiger charge is -2.13. The van der Waals surface area contributed by atoms with Crippen LogP contribution in [-0.4, -0.2) is 15.7 Å². The summed E-state index contributed by atoms with van der Waals surface area (Å²) in [6.45, 7) is 4.21. The number of hydrogen-bond acceptors (Lipinski definition) is 2. The van der Waals surface area contributed by atoms with E-state index in [4.69, 9.17) is 0 Å². The first kappa shape index (κ1) is 10.2. The summed E-state index contributed by atoms with van der Waals surface area (Å²) in [5.74, 6) is 1.20. The minimum atomic E-state index is 0.139. The second-order valence-corrected chi connectivity index (χ2v) is 4.18. The Kier molecular flexibility index (Phi) is 2.75. The van der Waals surface area contributed by atoms with E-state index < -0.39 is 0 Å². The van der Waals surface area contributed by atoms with Gasteiger partial charge in [0.1, 0.15) is 5.82 Å². The van der Waals surface area contributed by atoms with Gasteiger partial charge in [-0.25, -0.2) is 4.68 Å². The molecule has 1 aromatic heterocycles. The van der Waals surface area contributed by atoms with Crippen LogP contribution in [0.4, 0.5) is 5.82 Å². The smallest absolute Gasteiger partial charge is 0.228 e. The molecule has 1 unspecified atom stereocenters. The lowest BCUT2D eigenvalue weighted by atomic mass is 10.3. The molecule has 0 radical (unpaired) electrons. The van der Waals surface area contributed by atoms with Gasteiger partial charge in [0.2, 0.25) is 5.91 Å². The molecule has 82 valence electrons. The van der Waals surface area contributed by atoms with Crippen LogP contribution in [0, 0.1) is 5.92 Å². The van der Waals surface area contributed by atoms with Gasteiger partial charge in [0.15, 0.2) is 0 Å². The van der Waals surface area contributed by atoms with Crippen molar-refractivity contribution in [1.29, 1.82) is 0 Å². The highest BCUT2D eigenvalue weighted by atomic mass is 16.2. The number of nitrogens with one attached hydrogen (secondary N) is 1. The van der Waals surface area contributed by atoms with E-state index in [9.17, 15) is 4.79 Å². The summed E-state index contributed by atoms with van der Waals surface area (Å²) in [7, 11) is 0. The molecule has 0 aliphatic heterocycles. The Balaban J connectivity index is 2.06. The fraction of sp³-hybridized carbons (Fsp3) is 0.636. The van der Waals surface area contributed by atoms with Crippen LogP contribution in [0.1, 0.15) is 39.2 Å². The monoisotopic (exact) mass is 207 g/mol. The van der Waals surface area contributed by atoms with Gasteiger partial charge in [0.05, 0.1) is 12.2 Å². The van der Waals surface area contributed by atoms with E-state index >= 15 is 0 Å². The number of carbonyl (C=O) groups is 1. The van der Waals surface area contributed by atoms with E-state index in [1.54, 1.807) is 6.20 Å². The Morgan fingerprint density at radius 3 is 3.07 bits per heavy atom. The zero-order valence-electron chi connectivity index (χ0n) is 9.23. The SMILES string of the molecule is CCC(C)n1nccc1NC(=O)C1CC1. The number of anilines is 1. The molecule has 4 heteroatoms. The standard InChI is InChI=1S/C11H17N3O/c1-3-8(2)14-10(6-7-12-14)13-11(15)9-4-5-9/h6-9H,3-5H2,1-2H3,(H,13,15). The third-order valence-corrected chi connectivity index (χ3v) is 2.88. The Bertz CT molecular complexity index is 354. The first-order valence-electron chi connectivity index (χ1n) is 5.56. The van der Waals surface area contributed by atoms with Crippen molar-refractivity contribution < 1.29 is 4.79 Å². The molecule has 0 saturated heterocycles. The summed E-state index contributed by atoms with van der Waals surface area (Å²) in [5, 5.41) is 7.15. The quantitative estimate of drug-likeness (QED) is 0.822. The highest BCUT2D eigenvalue weighted by molar-refractivity contribution is 5.93. The van der Waals surface area contributed by atoms with Gasteiger partial charge >= 0.3 is 0 Å². The van der Waals surface area contributed by atoms with E-state index in [2.05, 4.69) is 24.3 Å². The lowest BCUT2D eigenvalue weighted by molar-refractivity contribution is -0.117. The molecule has 1 atom stereocenters. The van der Waals surface area contributed by atoms with Crippen LogP contribution in [0.3, 0.4) is 0 Å². The molecule has 1 N–H and O–H groups in total. The van der Waals surface area contributed by atoms with Gasteiger partial charge in [0, 0.05) is 12.0 Å². The van der Waals surface area contributed by atoms with Gasteiger partial charge in [0.25, 0.3) is 0 Å². The zero-order chi connectivity index (χ0) is 10.8. The largest absolute Gasteiger partial charge is 0.311 e. The number of amides is 1. The Hall–Kier alpha value is -1.32. The predicted molar refractivity (Wildman–Crippen MR) is 58.6 cm³/mol. The van der Waals surface area contributed by atoms with Crippen molar-refractivity contribution >= 4 is 11.7 Å². The van der Waals surface area contributed by atoms with Gasteiger partial charge in [-0.05, 0) is 26.2 Å². The van der Waals surface area contributed by atoms with Crippen LogP contribution >= 0.6 is 0 Å². The molecule has 0 spiro atoms. The first-order chi connectivity index (χ1) is 7.22. The van der Waals surface area contributed by atoms with Crippen molar-refractivity contribution in [2.45, 2.75) is 39.2 Å². The van der Waals surface area contributed by atoms with E-state index in [0.29, 0.717) is 6.04 Å². The molecular formula is C11H17N3O. The topological polar surface area (TPSA) is 46.9 Å². The van der Waals surface area contributed by atoms with Crippen LogP contribution in [-0.2, 0) is 4.79 Å². The fourth-order valence-corrected chi connectivity index (χ4v) is 1.51. The maximum absolute atomic E-state index is 11.6. The van der Waals surface area contributed by atoms with Gasteiger partial charge < -0.3 is 5.32 Å². The van der Waals surface area contributed by atoms with E-state index in [1.807, 2.05) is 10.7 Å². The van der Waals surface area contributed by atoms with Gasteiger partial charge in [-0.3, -0.25) is 4.79 Å². The fourth-order valence-electron chi connectivity index (χ4n) is 1.51. The third-order valence-electron chi connectivity index (χ3n) is 2.88. The Morgan fingerprint density at radius 1 is 1.73 bits per heavy atom. The summed E-state index contributed by atoms with van der Waals surface area (Å²) >= 11 is 0. The molecule has 1 aliphatic carbocycles. The third kappa shape index (κ3) is 2.19. The van der Waals surface area contributed by atoms with Crippen LogP contribution in [0.15, 0.2) is 12.3 Å². The molecule has 4 nitrogen and oxygen atoms in total. The van der Waals surface area contributed by atoms with Gasteiger partial charge in [-0.2, -0.15) is 5.10 Å². The van der Waals surface area contributed by atoms with Crippen LogP contribution in [0.5, 0.6) is 0 Å². The minimum absolute atomic E-state index is 0.139. The van der Waals surface area contributed by atoms with Gasteiger partial charge in [-0.1, -0.05) is 6.92 Å². The maximum atomic E-state index is 11.6. The number of hydrogen-bond donors (Lipinski definition) is 1. The molecule has 1 aromatic rings. The highest BCUT2D eigenvalue weighted by Crippen LogP contribution is 2.30. The lowest BCUT2D eigenvalue weighted by Crippen LogP contribution is -2.18. The first-order valence-corrected chi connectivity index (χ1v) is 5.56. The van der Waals surface area contributed by atoms with Crippen molar-refractivity contribution in [2.75, 3.05) is 5.32 Å². The summed E-state index contributed by atoms with van der Waals surface area (Å²) in [6.07, 6.45) is 4.80. The van der Waals surface area contributed by atoms with Crippen molar-refractivity contribution in [1.82, 2.24) is 9.78 Å². The second kappa shape index (κ2) is 4.04. The molecule has 1 aliphatic rings. The number of nitrogens with zero attached hydrogens (tertiary/aromatic N) is 2. The average Bonchev–Trinajstić information content (AvgIpc) is 2.99. The number of carbonyl (C=O) groups excluding carboxylic acids is 1. The van der Waals surface area contributed by atoms with Crippen LogP contribution in [0.25, 0.3) is 0 Å². The van der Waals surface area contributed by atoms with Crippen LogP contribution < -0.4 is 5.32 Å². The molecule has 1 saturated carbocycles. The van der Waals surface area contributed by atoms with E-state index in [-0.39, 0.29) is 11.8 Å². The summed E-state index contributed by atoms with van der Waals surface area (Å²) < 4.78 is 1.88. The van der Waals surface area contributed by atoms with Gasteiger partial charge in [-0.15, -0.1) is 0 Å². The van der Waals surface area contributed by atoms with Crippen molar-refractivity contribution in [3.63, 3.8) is 0 Å². The summed E-state index contributed by atoms with van der Waals surface area (Å²) in [4.78, 5) is 11.6. The van der Waals surface area contributed by atoms with Crippen molar-refractivity contribution in [3.05, 3.63) is 12.3 Å². The maximum Gasteiger partial charge on any atom is 0.228 e. The molecule has 1 heterocycles. The average molecular weight is 207 g/mol. The van der Waals surface area contributed by atoms with Crippen molar-refractivity contribution in [2.24, 2.45) is 5.92 Å². The highest BCUT2D eigenvalue weighted by Gasteiger charge is 2.30. The van der Waals surface area contributed by atoms with E-state index in [1.165, 1.54) is 0 Å². The minimum Gasteiger partial charge on any atom is -0.311 e. The number of aromatic nitrogens is 2. The zero-order valence-corrected chi connectivity index (χ0v) is 9.23. The van der Waals surface area contributed by atoms with E-state index in [0.717, 1.165) is 25.1 Å². The van der Waals surface area contributed by atoms with Crippen molar-refractivity contribution in [3.8, 4) is 0 Å². The molecule has 0 aromatic carbocycles. The predicted octanol–water partition coefficient (Wildman–Crippen LogP) is 2.20. The second-order valence-electron chi connectivity index (χ2n) is 4.18. The molecule has 1 amide bonds. The molecule has 2 rings (SSSR count). The molecule has 1 fully saturated rings. The van der Waals surface area contributed by atoms with Crippen LogP contribution in [0.2, 0.25) is 0 Å². The molecule has 15 heavy (non-hydrogen) atoms. The number of rotatable bonds is 4. The Labute approximate surface area is 89.7 Å². The Morgan fingerprint density at radius 2 is 2.47 bits per heavy atom. The summed E-state index contributed by atoms with van der Waals surface area (Å²) in [5.41, 5.74) is 0. The summed E-state index contributed by atoms with van der Waals surface area (Å²) in [6, 6.07) is 2.18. The normalized spacial score (nSPS) is 17.5. The molecular weight excluding hydrogens is 190 g/mol. The molecule has 0 bridgehead atoms.